The summed E-state index contributed by atoms with van der Waals surface area (Å²) < 4.78 is 0. The molecule has 11 aromatic rings. The largest absolute Gasteiger partial charge is 0.366 e. The van der Waals surface area contributed by atoms with Crippen molar-refractivity contribution in [2.75, 3.05) is 0 Å². The molecule has 0 amide bonds. The predicted octanol–water partition coefficient (Wildman–Crippen LogP) is 17.4. The number of nitrogens with zero attached hydrogens (tertiary/aromatic N) is 1. The zero-order chi connectivity index (χ0) is 48.1. The maximum Gasteiger partial charge on any atom is 0.104 e. The number of pyridine rings is 1. The Kier molecular flexibility index (Phi) is 12.3. The van der Waals surface area contributed by atoms with Crippen LogP contribution in [-0.2, 0) is 0 Å². The first kappa shape index (κ1) is 44.1. The molecule has 0 spiro atoms. The van der Waals surface area contributed by atoms with Crippen molar-refractivity contribution in [2.24, 2.45) is 0 Å². The lowest BCUT2D eigenvalue weighted by Gasteiger charge is -2.33. The van der Waals surface area contributed by atoms with Gasteiger partial charge in [0.1, 0.15) is 6.17 Å². The van der Waals surface area contributed by atoms with Gasteiger partial charge in [-0.3, -0.25) is 5.32 Å². The zero-order valence-corrected chi connectivity index (χ0v) is 39.7. The second kappa shape index (κ2) is 20.1. The van der Waals surface area contributed by atoms with E-state index in [0.717, 1.165) is 78.3 Å². The molecule has 1 aromatic heterocycles. The first-order chi connectivity index (χ1) is 35.7. The molecule has 0 bridgehead atoms. The van der Waals surface area contributed by atoms with Crippen LogP contribution in [0.3, 0.4) is 0 Å². The third kappa shape index (κ3) is 9.09. The van der Waals surface area contributed by atoms with Gasteiger partial charge in [0, 0.05) is 33.5 Å². The Morgan fingerprint density at radius 3 is 1.12 bits per heavy atom. The smallest absolute Gasteiger partial charge is 0.104 e. The van der Waals surface area contributed by atoms with Crippen LogP contribution < -0.4 is 10.6 Å². The van der Waals surface area contributed by atoms with Crippen LogP contribution in [0.5, 0.6) is 0 Å². The highest BCUT2D eigenvalue weighted by atomic mass is 15.2. The third-order valence-electron chi connectivity index (χ3n) is 13.7. The molecule has 2 atom stereocenters. The summed E-state index contributed by atoms with van der Waals surface area (Å²) in [6, 6.07) is 99.9. The molecule has 0 radical (unpaired) electrons. The van der Waals surface area contributed by atoms with Gasteiger partial charge in [-0.15, -0.1) is 0 Å². The molecule has 2 N–H and O–H groups in total. The molecule has 3 heteroatoms. The van der Waals surface area contributed by atoms with E-state index >= 15 is 0 Å². The van der Waals surface area contributed by atoms with E-state index in [1.54, 1.807) is 0 Å². The van der Waals surface area contributed by atoms with E-state index < -0.39 is 0 Å². The molecule has 2 unspecified atom stereocenters. The average Bonchev–Trinajstić information content (AvgIpc) is 3.48. The van der Waals surface area contributed by atoms with Crippen LogP contribution in [0.4, 0.5) is 0 Å². The van der Waals surface area contributed by atoms with Crippen molar-refractivity contribution < 1.29 is 0 Å². The molecule has 2 heterocycles. The van der Waals surface area contributed by atoms with Crippen LogP contribution in [0.2, 0.25) is 0 Å². The van der Waals surface area contributed by atoms with Crippen LogP contribution in [0.15, 0.2) is 285 Å². The van der Waals surface area contributed by atoms with Gasteiger partial charge in [-0.25, -0.2) is 4.98 Å². The SMILES string of the molecule is C1=C(c2ccc(-c3cccc(-c4c(-c5ccccc5)c(-c5ccccc5)nc(-c5ccccc5)c4-c4ccccc4)c3)cc2)NC(c2cc(-c3ccccc3)cc(-c3ccccc3)c2)NC1c1ccccc1. The molecular formula is C69H51N3. The lowest BCUT2D eigenvalue weighted by molar-refractivity contribution is 0.443. The Balaban J connectivity index is 0.971. The number of nitrogens with one attached hydrogen (secondary N) is 2. The Labute approximate surface area is 422 Å². The first-order valence-corrected chi connectivity index (χ1v) is 24.8. The highest BCUT2D eigenvalue weighted by Crippen LogP contribution is 2.49. The summed E-state index contributed by atoms with van der Waals surface area (Å²) in [5, 5.41) is 7.93. The quantitative estimate of drug-likeness (QED) is 0.136. The van der Waals surface area contributed by atoms with Gasteiger partial charge < -0.3 is 5.32 Å². The van der Waals surface area contributed by atoms with Gasteiger partial charge in [0.2, 0.25) is 0 Å². The van der Waals surface area contributed by atoms with E-state index in [9.17, 15) is 0 Å². The summed E-state index contributed by atoms with van der Waals surface area (Å²) in [6.07, 6.45) is 2.16. The fourth-order valence-corrected chi connectivity index (χ4v) is 10.2. The first-order valence-electron chi connectivity index (χ1n) is 24.8. The van der Waals surface area contributed by atoms with E-state index in [4.69, 9.17) is 4.98 Å². The van der Waals surface area contributed by atoms with Crippen molar-refractivity contribution in [1.82, 2.24) is 15.6 Å². The van der Waals surface area contributed by atoms with E-state index in [2.05, 4.69) is 296 Å². The van der Waals surface area contributed by atoms with Gasteiger partial charge in [0.15, 0.2) is 0 Å². The van der Waals surface area contributed by atoms with Crippen molar-refractivity contribution in [2.45, 2.75) is 12.2 Å². The minimum Gasteiger partial charge on any atom is -0.366 e. The molecule has 1 aliphatic heterocycles. The zero-order valence-electron chi connectivity index (χ0n) is 39.7. The molecule has 1 aliphatic rings. The van der Waals surface area contributed by atoms with E-state index in [-0.39, 0.29) is 12.2 Å². The molecule has 3 nitrogen and oxygen atoms in total. The summed E-state index contributed by atoms with van der Waals surface area (Å²) in [5.74, 6) is 0. The average molecular weight is 922 g/mol. The normalized spacial score (nSPS) is 14.2. The molecule has 0 fully saturated rings. The highest BCUT2D eigenvalue weighted by molar-refractivity contribution is 6.05. The maximum absolute atomic E-state index is 5.66. The Morgan fingerprint density at radius 2 is 0.639 bits per heavy atom. The lowest BCUT2D eigenvalue weighted by Crippen LogP contribution is -2.39. The monoisotopic (exact) mass is 921 g/mol. The summed E-state index contributed by atoms with van der Waals surface area (Å²) in [7, 11) is 0. The minimum absolute atomic E-state index is 0.0242. The van der Waals surface area contributed by atoms with Gasteiger partial charge in [0.25, 0.3) is 0 Å². The van der Waals surface area contributed by atoms with E-state index in [1.807, 2.05) is 0 Å². The summed E-state index contributed by atoms with van der Waals surface area (Å²) in [5.41, 5.74) is 22.3. The van der Waals surface area contributed by atoms with E-state index in [1.165, 1.54) is 33.4 Å². The van der Waals surface area contributed by atoms with Gasteiger partial charge >= 0.3 is 0 Å². The second-order valence-corrected chi connectivity index (χ2v) is 18.3. The fraction of sp³-hybridized carbons (Fsp3) is 0.0290. The second-order valence-electron chi connectivity index (χ2n) is 18.3. The van der Waals surface area contributed by atoms with Crippen molar-refractivity contribution in [3.8, 4) is 89.3 Å². The number of hydrogen-bond acceptors (Lipinski definition) is 3. The van der Waals surface area contributed by atoms with Gasteiger partial charge in [-0.1, -0.05) is 255 Å². The maximum atomic E-state index is 5.66. The Hall–Kier alpha value is -9.15. The van der Waals surface area contributed by atoms with Crippen molar-refractivity contribution in [1.29, 1.82) is 0 Å². The summed E-state index contributed by atoms with van der Waals surface area (Å²) in [6.45, 7) is 0. The summed E-state index contributed by atoms with van der Waals surface area (Å²) in [4.78, 5) is 5.66. The van der Waals surface area contributed by atoms with Crippen LogP contribution in [0, 0.1) is 0 Å². The van der Waals surface area contributed by atoms with Gasteiger partial charge in [-0.05, 0) is 97.1 Å². The summed E-state index contributed by atoms with van der Waals surface area (Å²) >= 11 is 0. The molecule has 72 heavy (non-hydrogen) atoms. The van der Waals surface area contributed by atoms with Crippen LogP contribution in [0.1, 0.15) is 28.9 Å². The van der Waals surface area contributed by atoms with Crippen molar-refractivity contribution in [3.05, 3.63) is 302 Å². The van der Waals surface area contributed by atoms with Crippen LogP contribution in [-0.4, -0.2) is 4.98 Å². The van der Waals surface area contributed by atoms with Crippen LogP contribution >= 0.6 is 0 Å². The molecule has 342 valence electrons. The van der Waals surface area contributed by atoms with E-state index in [0.29, 0.717) is 0 Å². The molecule has 10 aromatic carbocycles. The standard InChI is InChI=1S/C69H51N3/c1-8-23-48(24-9-1)59-44-60(49-25-10-2-11-26-49)46-61(45-59)69-70-62(51-27-12-3-13-28-51)47-63(71-69)52-41-39-50(40-42-52)57-37-22-38-58(43-57)64-65(53-29-14-4-15-30-53)67(55-33-18-6-19-34-55)72-68(56-35-20-7-21-36-56)66(64)54-31-16-5-17-32-54/h1-47,62,69-71H. The number of benzene rings is 10. The van der Waals surface area contributed by atoms with Gasteiger partial charge in [-0.2, -0.15) is 0 Å². The molecule has 0 saturated carbocycles. The number of hydrogen-bond donors (Lipinski definition) is 2. The molecular weight excluding hydrogens is 871 g/mol. The number of rotatable bonds is 11. The van der Waals surface area contributed by atoms with Crippen LogP contribution in [0.25, 0.3) is 95.0 Å². The third-order valence-corrected chi connectivity index (χ3v) is 13.7. The Bertz CT molecular complexity index is 3480. The molecule has 0 saturated heterocycles. The number of aromatic nitrogens is 1. The molecule has 12 rings (SSSR count). The lowest BCUT2D eigenvalue weighted by atomic mass is 9.82. The topological polar surface area (TPSA) is 37.0 Å². The fourth-order valence-electron chi connectivity index (χ4n) is 10.2. The van der Waals surface area contributed by atoms with Crippen molar-refractivity contribution >= 4 is 5.70 Å². The minimum atomic E-state index is -0.169. The van der Waals surface area contributed by atoms with Gasteiger partial charge in [0.05, 0.1) is 17.4 Å². The Morgan fingerprint density at radius 1 is 0.264 bits per heavy atom. The highest BCUT2D eigenvalue weighted by Gasteiger charge is 2.27. The predicted molar refractivity (Wildman–Crippen MR) is 300 cm³/mol. The van der Waals surface area contributed by atoms with Crippen molar-refractivity contribution in [3.63, 3.8) is 0 Å². The molecule has 0 aliphatic carbocycles.